The van der Waals surface area contributed by atoms with Crippen LogP contribution in [0.2, 0.25) is 0 Å². The van der Waals surface area contributed by atoms with E-state index in [1.54, 1.807) is 12.1 Å². The second-order valence-corrected chi connectivity index (χ2v) is 6.16. The Hall–Kier alpha value is -1.14. The van der Waals surface area contributed by atoms with Gasteiger partial charge in [-0.05, 0) is 44.7 Å². The summed E-state index contributed by atoms with van der Waals surface area (Å²) in [4.78, 5) is 13.1. The number of anilines is 1. The first-order chi connectivity index (χ1) is 9.52. The molecule has 1 aliphatic carbocycles. The van der Waals surface area contributed by atoms with Gasteiger partial charge in [0.05, 0.1) is 4.92 Å². The summed E-state index contributed by atoms with van der Waals surface area (Å²) in [5, 5.41) is 11.2. The SMILES string of the molecule is CCN(c1cc(Br)ccc1[N+](=O)[O-])C1CCC(N)CC1. The monoisotopic (exact) mass is 341 g/mol. The smallest absolute Gasteiger partial charge is 0.292 e. The predicted octanol–water partition coefficient (Wildman–Crippen LogP) is 3.45. The second kappa shape index (κ2) is 6.54. The molecule has 110 valence electrons. The van der Waals surface area contributed by atoms with Crippen molar-refractivity contribution in [1.29, 1.82) is 0 Å². The van der Waals surface area contributed by atoms with E-state index in [0.717, 1.165) is 36.7 Å². The van der Waals surface area contributed by atoms with Gasteiger partial charge in [0.1, 0.15) is 5.69 Å². The molecule has 0 atom stereocenters. The van der Waals surface area contributed by atoms with Gasteiger partial charge in [-0.25, -0.2) is 0 Å². The lowest BCUT2D eigenvalue weighted by atomic mass is 9.90. The molecule has 6 heteroatoms. The molecule has 0 radical (unpaired) electrons. The average molecular weight is 342 g/mol. The highest BCUT2D eigenvalue weighted by Gasteiger charge is 2.27. The Balaban J connectivity index is 2.31. The standard InChI is InChI=1S/C14H20BrN3O2/c1-2-17(12-6-4-11(16)5-7-12)14-9-10(15)3-8-13(14)18(19)20/h3,8-9,11-12H,2,4-7,16H2,1H3. The van der Waals surface area contributed by atoms with Crippen LogP contribution in [0.25, 0.3) is 0 Å². The molecule has 0 unspecified atom stereocenters. The fraction of sp³-hybridized carbons (Fsp3) is 0.571. The molecule has 0 amide bonds. The summed E-state index contributed by atoms with van der Waals surface area (Å²) in [6.07, 6.45) is 3.98. The molecular formula is C14H20BrN3O2. The molecular weight excluding hydrogens is 322 g/mol. The van der Waals surface area contributed by atoms with E-state index in [9.17, 15) is 10.1 Å². The Morgan fingerprint density at radius 1 is 1.40 bits per heavy atom. The molecule has 0 heterocycles. The minimum absolute atomic E-state index is 0.171. The summed E-state index contributed by atoms with van der Waals surface area (Å²) in [6.45, 7) is 2.80. The molecule has 1 aliphatic rings. The van der Waals surface area contributed by atoms with E-state index in [1.807, 2.05) is 13.0 Å². The lowest BCUT2D eigenvalue weighted by molar-refractivity contribution is -0.384. The fourth-order valence-corrected chi connectivity index (χ4v) is 3.27. The van der Waals surface area contributed by atoms with E-state index in [0.29, 0.717) is 11.7 Å². The average Bonchev–Trinajstić information content (AvgIpc) is 2.41. The molecule has 2 rings (SSSR count). The Kier molecular flexibility index (Phi) is 4.99. The Bertz CT molecular complexity index is 487. The topological polar surface area (TPSA) is 72.4 Å². The normalized spacial score (nSPS) is 22.6. The molecule has 0 bridgehead atoms. The summed E-state index contributed by atoms with van der Waals surface area (Å²) < 4.78 is 0.865. The molecule has 1 fully saturated rings. The quantitative estimate of drug-likeness (QED) is 0.672. The van der Waals surface area contributed by atoms with Gasteiger partial charge in [-0.15, -0.1) is 0 Å². The highest BCUT2D eigenvalue weighted by atomic mass is 79.9. The summed E-state index contributed by atoms with van der Waals surface area (Å²) in [6, 6.07) is 5.74. The number of hydrogen-bond donors (Lipinski definition) is 1. The van der Waals surface area contributed by atoms with Gasteiger partial charge in [-0.2, -0.15) is 0 Å². The number of nitro groups is 1. The van der Waals surface area contributed by atoms with Crippen LogP contribution in [0.4, 0.5) is 11.4 Å². The van der Waals surface area contributed by atoms with Crippen molar-refractivity contribution in [3.8, 4) is 0 Å². The number of nitrogens with zero attached hydrogens (tertiary/aromatic N) is 2. The molecule has 5 nitrogen and oxygen atoms in total. The molecule has 1 aromatic rings. The number of hydrogen-bond acceptors (Lipinski definition) is 4. The van der Waals surface area contributed by atoms with Gasteiger partial charge in [0.25, 0.3) is 5.69 Å². The lowest BCUT2D eigenvalue weighted by Gasteiger charge is -2.36. The summed E-state index contributed by atoms with van der Waals surface area (Å²) in [5.41, 5.74) is 6.82. The van der Waals surface area contributed by atoms with Crippen molar-refractivity contribution in [1.82, 2.24) is 0 Å². The van der Waals surface area contributed by atoms with Crippen molar-refractivity contribution in [3.05, 3.63) is 32.8 Å². The minimum Gasteiger partial charge on any atom is -0.363 e. The number of nitro benzene ring substituents is 1. The van der Waals surface area contributed by atoms with Crippen LogP contribution < -0.4 is 10.6 Å². The van der Waals surface area contributed by atoms with Gasteiger partial charge < -0.3 is 10.6 Å². The van der Waals surface area contributed by atoms with Crippen molar-refractivity contribution >= 4 is 27.3 Å². The van der Waals surface area contributed by atoms with Crippen molar-refractivity contribution in [3.63, 3.8) is 0 Å². The highest BCUT2D eigenvalue weighted by molar-refractivity contribution is 9.10. The maximum atomic E-state index is 11.2. The third kappa shape index (κ3) is 3.30. The zero-order valence-corrected chi connectivity index (χ0v) is 13.2. The zero-order chi connectivity index (χ0) is 14.7. The Morgan fingerprint density at radius 2 is 2.05 bits per heavy atom. The molecule has 1 aromatic carbocycles. The van der Waals surface area contributed by atoms with Crippen molar-refractivity contribution in [2.45, 2.75) is 44.7 Å². The van der Waals surface area contributed by atoms with Crippen LogP contribution in [0.3, 0.4) is 0 Å². The number of halogens is 1. The summed E-state index contributed by atoms with van der Waals surface area (Å²) in [5.74, 6) is 0. The predicted molar refractivity (Wildman–Crippen MR) is 84.0 cm³/mol. The van der Waals surface area contributed by atoms with Crippen LogP contribution in [-0.2, 0) is 0 Å². The first kappa shape index (κ1) is 15.3. The molecule has 1 saturated carbocycles. The Labute approximate surface area is 127 Å². The molecule has 0 aromatic heterocycles. The fourth-order valence-electron chi connectivity index (χ4n) is 2.92. The molecule has 0 saturated heterocycles. The van der Waals surface area contributed by atoms with Gasteiger partial charge in [-0.3, -0.25) is 10.1 Å². The first-order valence-corrected chi connectivity index (χ1v) is 7.78. The molecule has 0 spiro atoms. The maximum Gasteiger partial charge on any atom is 0.292 e. The van der Waals surface area contributed by atoms with E-state index < -0.39 is 0 Å². The molecule has 20 heavy (non-hydrogen) atoms. The highest BCUT2D eigenvalue weighted by Crippen LogP contribution is 2.35. The van der Waals surface area contributed by atoms with Crippen molar-refractivity contribution in [2.75, 3.05) is 11.4 Å². The largest absolute Gasteiger partial charge is 0.363 e. The van der Waals surface area contributed by atoms with E-state index >= 15 is 0 Å². The summed E-state index contributed by atoms with van der Waals surface area (Å²) >= 11 is 3.41. The third-order valence-electron chi connectivity index (χ3n) is 3.97. The van der Waals surface area contributed by atoms with Crippen LogP contribution in [0.1, 0.15) is 32.6 Å². The van der Waals surface area contributed by atoms with Gasteiger partial charge in [0.15, 0.2) is 0 Å². The van der Waals surface area contributed by atoms with Crippen LogP contribution in [0.5, 0.6) is 0 Å². The number of rotatable bonds is 4. The van der Waals surface area contributed by atoms with E-state index in [-0.39, 0.29) is 16.7 Å². The van der Waals surface area contributed by atoms with Gasteiger partial charge >= 0.3 is 0 Å². The number of benzene rings is 1. The van der Waals surface area contributed by atoms with Crippen LogP contribution in [-0.4, -0.2) is 23.6 Å². The number of nitrogens with two attached hydrogens (primary N) is 1. The molecule has 0 aliphatic heterocycles. The third-order valence-corrected chi connectivity index (χ3v) is 4.46. The maximum absolute atomic E-state index is 11.2. The van der Waals surface area contributed by atoms with Gasteiger partial charge in [0.2, 0.25) is 0 Å². The van der Waals surface area contributed by atoms with Crippen molar-refractivity contribution in [2.24, 2.45) is 5.73 Å². The van der Waals surface area contributed by atoms with Crippen molar-refractivity contribution < 1.29 is 4.92 Å². The molecule has 2 N–H and O–H groups in total. The van der Waals surface area contributed by atoms with Crippen LogP contribution >= 0.6 is 15.9 Å². The van der Waals surface area contributed by atoms with Gasteiger partial charge in [0, 0.05) is 29.2 Å². The van der Waals surface area contributed by atoms with Crippen LogP contribution in [0.15, 0.2) is 22.7 Å². The lowest BCUT2D eigenvalue weighted by Crippen LogP contribution is -2.41. The van der Waals surface area contributed by atoms with E-state index in [4.69, 9.17) is 5.73 Å². The van der Waals surface area contributed by atoms with E-state index in [1.165, 1.54) is 0 Å². The van der Waals surface area contributed by atoms with Gasteiger partial charge in [-0.1, -0.05) is 15.9 Å². The van der Waals surface area contributed by atoms with Crippen LogP contribution in [0, 0.1) is 10.1 Å². The second-order valence-electron chi connectivity index (χ2n) is 5.24. The summed E-state index contributed by atoms with van der Waals surface area (Å²) in [7, 11) is 0. The minimum atomic E-state index is -0.307. The van der Waals surface area contributed by atoms with E-state index in [2.05, 4.69) is 20.8 Å². The zero-order valence-electron chi connectivity index (χ0n) is 11.6. The first-order valence-electron chi connectivity index (χ1n) is 6.99. The Morgan fingerprint density at radius 3 is 2.60 bits per heavy atom.